The SMILES string of the molecule is O=C(O)C(NS(=O)(=O)c1cc(Cl)cc(Cl)c1)c1cccs1. The normalized spacial score (nSPS) is 13.0. The third-order valence-corrected chi connectivity index (χ3v) is 5.27. The van der Waals surface area contributed by atoms with Crippen LogP contribution in [0, 0.1) is 0 Å². The summed E-state index contributed by atoms with van der Waals surface area (Å²) in [6.07, 6.45) is 0. The highest BCUT2D eigenvalue weighted by atomic mass is 35.5. The number of carboxylic acids is 1. The van der Waals surface area contributed by atoms with Gasteiger partial charge in [0, 0.05) is 14.9 Å². The minimum atomic E-state index is -4.07. The summed E-state index contributed by atoms with van der Waals surface area (Å²) in [5, 5.41) is 11.1. The molecule has 0 bridgehead atoms. The molecule has 0 amide bonds. The van der Waals surface area contributed by atoms with Crippen molar-refractivity contribution in [2.24, 2.45) is 0 Å². The molecule has 1 atom stereocenters. The van der Waals surface area contributed by atoms with Gasteiger partial charge in [-0.05, 0) is 29.6 Å². The number of benzene rings is 1. The minimum absolute atomic E-state index is 0.144. The average Bonchev–Trinajstić information content (AvgIpc) is 2.88. The third-order valence-electron chi connectivity index (χ3n) is 2.49. The first-order valence-electron chi connectivity index (χ1n) is 5.54. The molecular weight excluding hydrogens is 357 g/mol. The lowest BCUT2D eigenvalue weighted by molar-refractivity contribution is -0.139. The molecule has 0 aliphatic heterocycles. The van der Waals surface area contributed by atoms with E-state index >= 15 is 0 Å². The van der Waals surface area contributed by atoms with E-state index in [1.54, 1.807) is 11.4 Å². The Balaban J connectivity index is 2.37. The second kappa shape index (κ2) is 6.33. The van der Waals surface area contributed by atoms with E-state index in [4.69, 9.17) is 23.2 Å². The predicted molar refractivity (Wildman–Crippen MR) is 81.5 cm³/mol. The van der Waals surface area contributed by atoms with Crippen LogP contribution in [0.5, 0.6) is 0 Å². The summed E-state index contributed by atoms with van der Waals surface area (Å²) in [5.41, 5.74) is 0. The van der Waals surface area contributed by atoms with Gasteiger partial charge in [-0.2, -0.15) is 4.72 Å². The number of halogens is 2. The van der Waals surface area contributed by atoms with Crippen LogP contribution < -0.4 is 4.72 Å². The quantitative estimate of drug-likeness (QED) is 0.852. The highest BCUT2D eigenvalue weighted by molar-refractivity contribution is 7.89. The number of rotatable bonds is 5. The van der Waals surface area contributed by atoms with Gasteiger partial charge in [-0.25, -0.2) is 8.42 Å². The van der Waals surface area contributed by atoms with Crippen molar-refractivity contribution in [3.63, 3.8) is 0 Å². The van der Waals surface area contributed by atoms with Gasteiger partial charge in [0.1, 0.15) is 0 Å². The Labute approximate surface area is 135 Å². The smallest absolute Gasteiger partial charge is 0.327 e. The number of hydrogen-bond donors (Lipinski definition) is 2. The van der Waals surface area contributed by atoms with E-state index in [1.165, 1.54) is 24.3 Å². The van der Waals surface area contributed by atoms with Gasteiger partial charge < -0.3 is 5.11 Å². The number of sulfonamides is 1. The van der Waals surface area contributed by atoms with Crippen molar-refractivity contribution < 1.29 is 18.3 Å². The van der Waals surface area contributed by atoms with Gasteiger partial charge in [-0.15, -0.1) is 11.3 Å². The first-order valence-corrected chi connectivity index (χ1v) is 8.66. The summed E-state index contributed by atoms with van der Waals surface area (Å²) in [4.78, 5) is 11.5. The minimum Gasteiger partial charge on any atom is -0.480 e. The molecular formula is C12H9Cl2NO4S2. The molecule has 0 saturated heterocycles. The van der Waals surface area contributed by atoms with Crippen molar-refractivity contribution >= 4 is 50.5 Å². The van der Waals surface area contributed by atoms with Crippen molar-refractivity contribution in [1.29, 1.82) is 0 Å². The zero-order chi connectivity index (χ0) is 15.6. The van der Waals surface area contributed by atoms with E-state index in [9.17, 15) is 18.3 Å². The summed E-state index contributed by atoms with van der Waals surface area (Å²) in [6, 6.07) is 5.59. The highest BCUT2D eigenvalue weighted by Gasteiger charge is 2.28. The molecule has 9 heteroatoms. The number of hydrogen-bond acceptors (Lipinski definition) is 4. The van der Waals surface area contributed by atoms with E-state index in [2.05, 4.69) is 4.72 Å². The van der Waals surface area contributed by atoms with Crippen LogP contribution in [0.15, 0.2) is 40.6 Å². The number of carbonyl (C=O) groups is 1. The molecule has 0 aliphatic carbocycles. The van der Waals surface area contributed by atoms with Crippen LogP contribution in [0.1, 0.15) is 10.9 Å². The number of thiophene rings is 1. The molecule has 112 valence electrons. The van der Waals surface area contributed by atoms with E-state index in [0.29, 0.717) is 4.88 Å². The second-order valence-electron chi connectivity index (χ2n) is 4.01. The standard InChI is InChI=1S/C12H9Cl2NO4S2/c13-7-4-8(14)6-9(5-7)21(18,19)15-11(12(16)17)10-2-1-3-20-10/h1-6,11,15H,(H,16,17). The highest BCUT2D eigenvalue weighted by Crippen LogP contribution is 2.25. The molecule has 0 aliphatic rings. The lowest BCUT2D eigenvalue weighted by atomic mass is 10.3. The Morgan fingerprint density at radius 2 is 1.86 bits per heavy atom. The van der Waals surface area contributed by atoms with Crippen molar-refractivity contribution in [2.45, 2.75) is 10.9 Å². The molecule has 0 radical (unpaired) electrons. The van der Waals surface area contributed by atoms with Gasteiger partial charge in [0.25, 0.3) is 0 Å². The Hall–Kier alpha value is -1.12. The van der Waals surface area contributed by atoms with Crippen LogP contribution in [0.3, 0.4) is 0 Å². The van der Waals surface area contributed by atoms with Crippen LogP contribution in [0.4, 0.5) is 0 Å². The van der Waals surface area contributed by atoms with Gasteiger partial charge in [0.15, 0.2) is 6.04 Å². The summed E-state index contributed by atoms with van der Waals surface area (Å²) < 4.78 is 26.7. The van der Waals surface area contributed by atoms with Gasteiger partial charge in [-0.3, -0.25) is 4.79 Å². The summed E-state index contributed by atoms with van der Waals surface area (Å²) in [7, 11) is -4.07. The molecule has 1 heterocycles. The van der Waals surface area contributed by atoms with Gasteiger partial charge >= 0.3 is 5.97 Å². The first-order chi connectivity index (χ1) is 9.79. The van der Waals surface area contributed by atoms with Crippen LogP contribution >= 0.6 is 34.5 Å². The van der Waals surface area contributed by atoms with Crippen molar-refractivity contribution in [3.8, 4) is 0 Å². The summed E-state index contributed by atoms with van der Waals surface area (Å²) in [6.45, 7) is 0. The van der Waals surface area contributed by atoms with Crippen LogP contribution in [-0.2, 0) is 14.8 Å². The van der Waals surface area contributed by atoms with Gasteiger partial charge in [0.05, 0.1) is 4.90 Å². The van der Waals surface area contributed by atoms with Crippen molar-refractivity contribution in [1.82, 2.24) is 4.72 Å². The van der Waals surface area contributed by atoms with E-state index in [0.717, 1.165) is 11.3 Å². The maximum absolute atomic E-state index is 12.3. The zero-order valence-electron chi connectivity index (χ0n) is 10.3. The molecule has 5 nitrogen and oxygen atoms in total. The Bertz CT molecular complexity index is 739. The molecule has 1 unspecified atom stereocenters. The van der Waals surface area contributed by atoms with Crippen molar-refractivity contribution in [2.75, 3.05) is 0 Å². The Kier molecular flexibility index (Phi) is 4.90. The van der Waals surface area contributed by atoms with E-state index in [-0.39, 0.29) is 14.9 Å². The van der Waals surface area contributed by atoms with Crippen LogP contribution in [-0.4, -0.2) is 19.5 Å². The van der Waals surface area contributed by atoms with Gasteiger partial charge in [-0.1, -0.05) is 29.3 Å². The Morgan fingerprint density at radius 3 is 2.33 bits per heavy atom. The maximum Gasteiger partial charge on any atom is 0.327 e. The first kappa shape index (κ1) is 16.3. The van der Waals surface area contributed by atoms with Gasteiger partial charge in [0.2, 0.25) is 10.0 Å². The molecule has 21 heavy (non-hydrogen) atoms. The lowest BCUT2D eigenvalue weighted by Crippen LogP contribution is -2.33. The molecule has 1 aromatic carbocycles. The molecule has 0 fully saturated rings. The van der Waals surface area contributed by atoms with Crippen molar-refractivity contribution in [3.05, 3.63) is 50.6 Å². The topological polar surface area (TPSA) is 83.5 Å². The average molecular weight is 366 g/mol. The maximum atomic E-state index is 12.3. The molecule has 0 saturated carbocycles. The molecule has 0 spiro atoms. The fraction of sp³-hybridized carbons (Fsp3) is 0.0833. The fourth-order valence-corrected chi connectivity index (χ4v) is 4.33. The Morgan fingerprint density at radius 1 is 1.24 bits per heavy atom. The molecule has 1 aromatic heterocycles. The largest absolute Gasteiger partial charge is 0.480 e. The predicted octanol–water partition coefficient (Wildman–Crippen LogP) is 3.16. The van der Waals surface area contributed by atoms with E-state index < -0.39 is 22.0 Å². The number of nitrogens with one attached hydrogen (secondary N) is 1. The second-order valence-corrected chi connectivity index (χ2v) is 7.58. The molecule has 2 rings (SSSR count). The van der Waals surface area contributed by atoms with Crippen LogP contribution in [0.25, 0.3) is 0 Å². The lowest BCUT2D eigenvalue weighted by Gasteiger charge is -2.13. The van der Waals surface area contributed by atoms with E-state index in [1.807, 2.05) is 0 Å². The molecule has 2 N–H and O–H groups in total. The summed E-state index contributed by atoms with van der Waals surface area (Å²) >= 11 is 12.7. The zero-order valence-corrected chi connectivity index (χ0v) is 13.4. The third kappa shape index (κ3) is 3.96. The monoisotopic (exact) mass is 365 g/mol. The molecule has 2 aromatic rings. The number of carboxylic acid groups (broad SMARTS) is 1. The van der Waals surface area contributed by atoms with Crippen LogP contribution in [0.2, 0.25) is 10.0 Å². The number of aliphatic carboxylic acids is 1. The fourth-order valence-electron chi connectivity index (χ4n) is 1.59. The summed E-state index contributed by atoms with van der Waals surface area (Å²) in [5.74, 6) is -1.30.